The minimum Gasteiger partial charge on any atom is -0.383 e. The van der Waals surface area contributed by atoms with Crippen LogP contribution in [-0.2, 0) is 12.8 Å². The van der Waals surface area contributed by atoms with Gasteiger partial charge < -0.3 is 5.73 Å². The summed E-state index contributed by atoms with van der Waals surface area (Å²) in [6.07, 6.45) is 1.46. The van der Waals surface area contributed by atoms with Crippen molar-refractivity contribution in [2.45, 2.75) is 26.7 Å². The Morgan fingerprint density at radius 2 is 2.12 bits per heavy atom. The van der Waals surface area contributed by atoms with Gasteiger partial charge >= 0.3 is 0 Å². The number of aromatic nitrogens is 3. The number of aryl methyl sites for hydroxylation is 2. The van der Waals surface area contributed by atoms with E-state index < -0.39 is 0 Å². The summed E-state index contributed by atoms with van der Waals surface area (Å²) in [6.45, 7) is 4.03. The van der Waals surface area contributed by atoms with Gasteiger partial charge in [-0.2, -0.15) is 0 Å². The molecule has 0 amide bonds. The molecule has 2 aromatic heterocycles. The number of nitrogens with two attached hydrogens (primary N) is 1. The molecule has 0 atom stereocenters. The van der Waals surface area contributed by atoms with E-state index >= 15 is 0 Å². The summed E-state index contributed by atoms with van der Waals surface area (Å²) in [4.78, 5) is 13.2. The Morgan fingerprint density at radius 1 is 1.35 bits per heavy atom. The first-order chi connectivity index (χ1) is 8.10. The fourth-order valence-corrected chi connectivity index (χ4v) is 2.60. The fraction of sp³-hybridized carbons (Fsp3) is 0.364. The third-order valence-corrected chi connectivity index (χ3v) is 4.02. The van der Waals surface area contributed by atoms with Crippen molar-refractivity contribution < 1.29 is 0 Å². The Labute approximate surface area is 112 Å². The van der Waals surface area contributed by atoms with Crippen molar-refractivity contribution in [1.82, 2.24) is 15.0 Å². The lowest BCUT2D eigenvalue weighted by molar-refractivity contribution is 0.888. The SMILES string of the molecule is CCc1nc(Cc2csc(C)n2)nc(N)c1Br. The number of nitrogen functional groups attached to an aromatic ring is 1. The van der Waals surface area contributed by atoms with Crippen molar-refractivity contribution in [3.63, 3.8) is 0 Å². The quantitative estimate of drug-likeness (QED) is 0.946. The van der Waals surface area contributed by atoms with E-state index in [1.807, 2.05) is 19.2 Å². The monoisotopic (exact) mass is 312 g/mol. The Kier molecular flexibility index (Phi) is 3.73. The van der Waals surface area contributed by atoms with Gasteiger partial charge in [0.1, 0.15) is 11.6 Å². The highest BCUT2D eigenvalue weighted by Gasteiger charge is 2.10. The smallest absolute Gasteiger partial charge is 0.141 e. The molecule has 0 aromatic carbocycles. The van der Waals surface area contributed by atoms with Gasteiger partial charge in [-0.3, -0.25) is 0 Å². The van der Waals surface area contributed by atoms with Gasteiger partial charge in [0.25, 0.3) is 0 Å². The molecule has 0 radical (unpaired) electrons. The van der Waals surface area contributed by atoms with Crippen LogP contribution in [0.4, 0.5) is 5.82 Å². The van der Waals surface area contributed by atoms with Gasteiger partial charge in [-0.15, -0.1) is 11.3 Å². The Hall–Kier alpha value is -1.01. The van der Waals surface area contributed by atoms with E-state index in [1.165, 1.54) is 0 Å². The van der Waals surface area contributed by atoms with Crippen LogP contribution in [-0.4, -0.2) is 15.0 Å². The summed E-state index contributed by atoms with van der Waals surface area (Å²) in [5.41, 5.74) is 7.78. The number of anilines is 1. The van der Waals surface area contributed by atoms with E-state index in [-0.39, 0.29) is 0 Å². The summed E-state index contributed by atoms with van der Waals surface area (Å²) in [7, 11) is 0. The zero-order chi connectivity index (χ0) is 12.4. The maximum absolute atomic E-state index is 5.84. The van der Waals surface area contributed by atoms with Crippen LogP contribution in [0.3, 0.4) is 0 Å². The number of nitrogens with zero attached hydrogens (tertiary/aromatic N) is 3. The zero-order valence-electron chi connectivity index (χ0n) is 9.70. The number of hydrogen-bond acceptors (Lipinski definition) is 5. The van der Waals surface area contributed by atoms with Gasteiger partial charge in [0.2, 0.25) is 0 Å². The van der Waals surface area contributed by atoms with Crippen LogP contribution in [0.15, 0.2) is 9.85 Å². The lowest BCUT2D eigenvalue weighted by Crippen LogP contribution is -2.05. The van der Waals surface area contributed by atoms with Gasteiger partial charge in [-0.1, -0.05) is 6.92 Å². The molecule has 2 rings (SSSR count). The highest BCUT2D eigenvalue weighted by Crippen LogP contribution is 2.22. The molecule has 0 aliphatic rings. The van der Waals surface area contributed by atoms with Gasteiger partial charge in [0.15, 0.2) is 0 Å². The topological polar surface area (TPSA) is 64.7 Å². The maximum atomic E-state index is 5.84. The van der Waals surface area contributed by atoms with E-state index in [0.29, 0.717) is 12.2 Å². The molecule has 0 aliphatic carbocycles. The molecular formula is C11H13BrN4S. The molecule has 0 fully saturated rings. The van der Waals surface area contributed by atoms with Gasteiger partial charge in [-0.25, -0.2) is 15.0 Å². The van der Waals surface area contributed by atoms with Crippen LogP contribution in [0.1, 0.15) is 29.1 Å². The van der Waals surface area contributed by atoms with Gasteiger partial charge in [0, 0.05) is 5.38 Å². The third kappa shape index (κ3) is 2.81. The van der Waals surface area contributed by atoms with Crippen LogP contribution in [0, 0.1) is 6.92 Å². The first-order valence-corrected chi connectivity index (χ1v) is 6.99. The molecule has 0 aliphatic heterocycles. The molecule has 0 bridgehead atoms. The van der Waals surface area contributed by atoms with Crippen LogP contribution < -0.4 is 5.73 Å². The molecule has 2 aromatic rings. The molecule has 2 N–H and O–H groups in total. The molecule has 90 valence electrons. The van der Waals surface area contributed by atoms with Crippen LogP contribution in [0.5, 0.6) is 0 Å². The number of halogens is 1. The highest BCUT2D eigenvalue weighted by molar-refractivity contribution is 9.10. The molecular weight excluding hydrogens is 300 g/mol. The van der Waals surface area contributed by atoms with Gasteiger partial charge in [-0.05, 0) is 29.3 Å². The first-order valence-electron chi connectivity index (χ1n) is 5.32. The lowest BCUT2D eigenvalue weighted by Gasteiger charge is -2.06. The Morgan fingerprint density at radius 3 is 2.71 bits per heavy atom. The average molecular weight is 313 g/mol. The Bertz CT molecular complexity index is 538. The third-order valence-electron chi connectivity index (χ3n) is 2.33. The van der Waals surface area contributed by atoms with Crippen molar-refractivity contribution in [2.75, 3.05) is 5.73 Å². The summed E-state index contributed by atoms with van der Waals surface area (Å²) in [6, 6.07) is 0. The predicted molar refractivity (Wildman–Crippen MR) is 73.2 cm³/mol. The van der Waals surface area contributed by atoms with E-state index in [2.05, 4.69) is 30.9 Å². The molecule has 6 heteroatoms. The average Bonchev–Trinajstić information content (AvgIpc) is 2.69. The maximum Gasteiger partial charge on any atom is 0.141 e. The molecule has 0 saturated heterocycles. The van der Waals surface area contributed by atoms with E-state index in [9.17, 15) is 0 Å². The number of thiazole rings is 1. The standard InChI is InChI=1S/C11H13BrN4S/c1-3-8-10(12)11(13)16-9(15-8)4-7-5-17-6(2)14-7/h5H,3-4H2,1-2H3,(H2,13,15,16). The predicted octanol–water partition coefficient (Wildman–Crippen LogP) is 2.74. The van der Waals surface area contributed by atoms with Crippen LogP contribution in [0.25, 0.3) is 0 Å². The minimum atomic E-state index is 0.499. The van der Waals surface area contributed by atoms with Gasteiger partial charge in [0.05, 0.1) is 27.3 Å². The second kappa shape index (κ2) is 5.10. The molecule has 2 heterocycles. The fourth-order valence-electron chi connectivity index (χ4n) is 1.53. The van der Waals surface area contributed by atoms with E-state index in [0.717, 1.165) is 33.1 Å². The summed E-state index contributed by atoms with van der Waals surface area (Å²) in [5.74, 6) is 1.23. The van der Waals surface area contributed by atoms with Crippen molar-refractivity contribution in [3.05, 3.63) is 32.1 Å². The van der Waals surface area contributed by atoms with Crippen molar-refractivity contribution in [2.24, 2.45) is 0 Å². The molecule has 0 saturated carbocycles. The molecule has 17 heavy (non-hydrogen) atoms. The van der Waals surface area contributed by atoms with Crippen molar-refractivity contribution in [1.29, 1.82) is 0 Å². The highest BCUT2D eigenvalue weighted by atomic mass is 79.9. The Balaban J connectivity index is 2.30. The van der Waals surface area contributed by atoms with Crippen LogP contribution >= 0.6 is 27.3 Å². The summed E-state index contributed by atoms with van der Waals surface area (Å²) < 4.78 is 0.804. The van der Waals surface area contributed by atoms with Crippen molar-refractivity contribution in [3.8, 4) is 0 Å². The summed E-state index contributed by atoms with van der Waals surface area (Å²) in [5, 5.41) is 3.09. The zero-order valence-corrected chi connectivity index (χ0v) is 12.1. The number of rotatable bonds is 3. The second-order valence-electron chi connectivity index (χ2n) is 3.67. The van der Waals surface area contributed by atoms with Crippen molar-refractivity contribution >= 4 is 33.1 Å². The van der Waals surface area contributed by atoms with Crippen LogP contribution in [0.2, 0.25) is 0 Å². The molecule has 4 nitrogen and oxygen atoms in total. The van der Waals surface area contributed by atoms with E-state index in [4.69, 9.17) is 5.73 Å². The van der Waals surface area contributed by atoms with E-state index in [1.54, 1.807) is 11.3 Å². The largest absolute Gasteiger partial charge is 0.383 e. The normalized spacial score (nSPS) is 10.8. The lowest BCUT2D eigenvalue weighted by atomic mass is 10.2. The number of hydrogen-bond donors (Lipinski definition) is 1. The first kappa shape index (κ1) is 12.4. The molecule has 0 unspecified atom stereocenters. The molecule has 0 spiro atoms. The summed E-state index contributed by atoms with van der Waals surface area (Å²) >= 11 is 5.03. The minimum absolute atomic E-state index is 0.499. The second-order valence-corrected chi connectivity index (χ2v) is 5.53.